The average molecular weight is 348 g/mol. The molecular formula is C16H14BrNO3. The highest BCUT2D eigenvalue weighted by Crippen LogP contribution is 2.25. The number of halogens is 1. The van der Waals surface area contributed by atoms with Crippen molar-refractivity contribution in [2.24, 2.45) is 0 Å². The van der Waals surface area contributed by atoms with Gasteiger partial charge in [-0.05, 0) is 55.3 Å². The Morgan fingerprint density at radius 1 is 1.05 bits per heavy atom. The standard InChI is InChI=1S/C16H14BrNO3/c1-9-6-13(7-10(2)14(9)17)18-15(19)11-4-3-5-12(8-11)16(20)21/h3-8H,1-2H3,(H,18,19)(H,20,21). The fraction of sp³-hybridized carbons (Fsp3) is 0.125. The molecule has 4 nitrogen and oxygen atoms in total. The van der Waals surface area contributed by atoms with Crippen LogP contribution in [-0.4, -0.2) is 17.0 Å². The van der Waals surface area contributed by atoms with Crippen LogP contribution in [0.25, 0.3) is 0 Å². The van der Waals surface area contributed by atoms with Crippen LogP contribution in [0.3, 0.4) is 0 Å². The van der Waals surface area contributed by atoms with E-state index >= 15 is 0 Å². The normalized spacial score (nSPS) is 10.2. The molecule has 2 rings (SSSR count). The zero-order chi connectivity index (χ0) is 15.6. The van der Waals surface area contributed by atoms with Crippen LogP contribution in [-0.2, 0) is 0 Å². The van der Waals surface area contributed by atoms with Gasteiger partial charge in [-0.1, -0.05) is 22.0 Å². The van der Waals surface area contributed by atoms with Gasteiger partial charge in [0.05, 0.1) is 5.56 Å². The molecule has 1 amide bonds. The van der Waals surface area contributed by atoms with Crippen molar-refractivity contribution in [2.75, 3.05) is 5.32 Å². The molecule has 0 atom stereocenters. The topological polar surface area (TPSA) is 66.4 Å². The Morgan fingerprint density at radius 3 is 2.19 bits per heavy atom. The number of carbonyl (C=O) groups is 2. The van der Waals surface area contributed by atoms with Gasteiger partial charge in [-0.15, -0.1) is 0 Å². The number of carbonyl (C=O) groups excluding carboxylic acids is 1. The minimum Gasteiger partial charge on any atom is -0.478 e. The molecule has 108 valence electrons. The summed E-state index contributed by atoms with van der Waals surface area (Å²) in [4.78, 5) is 23.1. The number of benzene rings is 2. The van der Waals surface area contributed by atoms with Gasteiger partial charge in [-0.3, -0.25) is 4.79 Å². The van der Waals surface area contributed by atoms with Gasteiger partial charge in [-0.2, -0.15) is 0 Å². The molecule has 0 spiro atoms. The number of anilines is 1. The lowest BCUT2D eigenvalue weighted by Gasteiger charge is -2.10. The minimum atomic E-state index is -1.06. The van der Waals surface area contributed by atoms with E-state index in [1.807, 2.05) is 26.0 Å². The van der Waals surface area contributed by atoms with Crippen LogP contribution in [0.15, 0.2) is 40.9 Å². The number of amides is 1. The van der Waals surface area contributed by atoms with E-state index in [9.17, 15) is 9.59 Å². The van der Waals surface area contributed by atoms with Crippen LogP contribution >= 0.6 is 15.9 Å². The summed E-state index contributed by atoms with van der Waals surface area (Å²) in [6, 6.07) is 9.66. The first-order valence-corrected chi connectivity index (χ1v) is 7.09. The molecule has 0 bridgehead atoms. The highest BCUT2D eigenvalue weighted by Gasteiger charge is 2.11. The fourth-order valence-electron chi connectivity index (χ4n) is 2.01. The van der Waals surface area contributed by atoms with E-state index in [0.717, 1.165) is 15.6 Å². The second-order valence-corrected chi connectivity index (χ2v) is 5.56. The molecule has 2 N–H and O–H groups in total. The molecule has 21 heavy (non-hydrogen) atoms. The molecule has 0 saturated heterocycles. The number of carboxylic acids is 1. The monoisotopic (exact) mass is 347 g/mol. The van der Waals surface area contributed by atoms with Crippen molar-refractivity contribution < 1.29 is 14.7 Å². The number of hydrogen-bond acceptors (Lipinski definition) is 2. The molecule has 0 aromatic heterocycles. The molecule has 2 aromatic rings. The van der Waals surface area contributed by atoms with Gasteiger partial charge < -0.3 is 10.4 Å². The summed E-state index contributed by atoms with van der Waals surface area (Å²) in [5.74, 6) is -1.39. The third-order valence-corrected chi connectivity index (χ3v) is 4.32. The third-order valence-electron chi connectivity index (χ3n) is 3.07. The largest absolute Gasteiger partial charge is 0.478 e. The second-order valence-electron chi connectivity index (χ2n) is 4.76. The molecule has 0 saturated carbocycles. The lowest BCUT2D eigenvalue weighted by atomic mass is 10.1. The smallest absolute Gasteiger partial charge is 0.335 e. The highest BCUT2D eigenvalue weighted by atomic mass is 79.9. The summed E-state index contributed by atoms with van der Waals surface area (Å²) < 4.78 is 1.01. The van der Waals surface area contributed by atoms with Crippen molar-refractivity contribution in [1.29, 1.82) is 0 Å². The molecule has 2 aromatic carbocycles. The van der Waals surface area contributed by atoms with Gasteiger partial charge in [0.2, 0.25) is 0 Å². The number of nitrogens with one attached hydrogen (secondary N) is 1. The molecule has 0 aliphatic rings. The first-order chi connectivity index (χ1) is 9.88. The number of aryl methyl sites for hydroxylation is 2. The Balaban J connectivity index is 2.26. The van der Waals surface area contributed by atoms with Crippen LogP contribution in [0, 0.1) is 13.8 Å². The zero-order valence-corrected chi connectivity index (χ0v) is 13.2. The summed E-state index contributed by atoms with van der Waals surface area (Å²) in [7, 11) is 0. The molecular weight excluding hydrogens is 334 g/mol. The maximum absolute atomic E-state index is 12.2. The number of carboxylic acid groups (broad SMARTS) is 1. The highest BCUT2D eigenvalue weighted by molar-refractivity contribution is 9.10. The van der Waals surface area contributed by atoms with Crippen LogP contribution in [0.4, 0.5) is 5.69 Å². The summed E-state index contributed by atoms with van der Waals surface area (Å²) in [6.07, 6.45) is 0. The SMILES string of the molecule is Cc1cc(NC(=O)c2cccc(C(=O)O)c2)cc(C)c1Br. The fourth-order valence-corrected chi connectivity index (χ4v) is 2.24. The van der Waals surface area contributed by atoms with Gasteiger partial charge in [0.25, 0.3) is 5.91 Å². The van der Waals surface area contributed by atoms with Crippen LogP contribution in [0.5, 0.6) is 0 Å². The van der Waals surface area contributed by atoms with Crippen molar-refractivity contribution in [3.8, 4) is 0 Å². The molecule has 0 unspecified atom stereocenters. The number of aromatic carboxylic acids is 1. The predicted octanol–water partition coefficient (Wildman–Crippen LogP) is 4.02. The van der Waals surface area contributed by atoms with E-state index in [1.54, 1.807) is 12.1 Å². The Morgan fingerprint density at radius 2 is 1.62 bits per heavy atom. The van der Waals surface area contributed by atoms with E-state index in [-0.39, 0.29) is 11.5 Å². The Bertz CT molecular complexity index is 702. The molecule has 0 radical (unpaired) electrons. The molecule has 5 heteroatoms. The maximum Gasteiger partial charge on any atom is 0.335 e. The van der Waals surface area contributed by atoms with Crippen molar-refractivity contribution >= 4 is 33.5 Å². The maximum atomic E-state index is 12.2. The Hall–Kier alpha value is -2.14. The number of hydrogen-bond donors (Lipinski definition) is 2. The summed E-state index contributed by atoms with van der Waals surface area (Å²) in [5.41, 5.74) is 3.12. The zero-order valence-electron chi connectivity index (χ0n) is 11.6. The van der Waals surface area contributed by atoms with Crippen molar-refractivity contribution in [3.05, 3.63) is 63.1 Å². The van der Waals surface area contributed by atoms with Crippen molar-refractivity contribution in [2.45, 2.75) is 13.8 Å². The summed E-state index contributed by atoms with van der Waals surface area (Å²) >= 11 is 3.47. The van der Waals surface area contributed by atoms with Gasteiger partial charge in [-0.25, -0.2) is 4.79 Å². The molecule has 0 aliphatic carbocycles. The molecule has 0 aliphatic heterocycles. The van der Waals surface area contributed by atoms with E-state index < -0.39 is 5.97 Å². The van der Waals surface area contributed by atoms with Crippen LogP contribution in [0.2, 0.25) is 0 Å². The predicted molar refractivity (Wildman–Crippen MR) is 85.0 cm³/mol. The van der Waals surface area contributed by atoms with E-state index in [0.29, 0.717) is 11.3 Å². The van der Waals surface area contributed by atoms with Crippen LogP contribution in [0.1, 0.15) is 31.8 Å². The van der Waals surface area contributed by atoms with E-state index in [4.69, 9.17) is 5.11 Å². The minimum absolute atomic E-state index is 0.0887. The first kappa shape index (κ1) is 15.3. The second kappa shape index (κ2) is 6.10. The van der Waals surface area contributed by atoms with Gasteiger partial charge in [0.1, 0.15) is 0 Å². The quantitative estimate of drug-likeness (QED) is 0.881. The van der Waals surface area contributed by atoms with Crippen molar-refractivity contribution in [1.82, 2.24) is 0 Å². The van der Waals surface area contributed by atoms with Crippen LogP contribution < -0.4 is 5.32 Å². The Labute approximate surface area is 130 Å². The van der Waals surface area contributed by atoms with Crippen molar-refractivity contribution in [3.63, 3.8) is 0 Å². The average Bonchev–Trinajstić information content (AvgIpc) is 2.44. The van der Waals surface area contributed by atoms with E-state index in [1.165, 1.54) is 12.1 Å². The third kappa shape index (κ3) is 3.49. The van der Waals surface area contributed by atoms with Gasteiger partial charge in [0.15, 0.2) is 0 Å². The lowest BCUT2D eigenvalue weighted by molar-refractivity contribution is 0.0697. The molecule has 0 heterocycles. The van der Waals surface area contributed by atoms with E-state index in [2.05, 4.69) is 21.2 Å². The first-order valence-electron chi connectivity index (χ1n) is 6.30. The van der Waals surface area contributed by atoms with Gasteiger partial charge in [0, 0.05) is 15.7 Å². The number of rotatable bonds is 3. The van der Waals surface area contributed by atoms with Gasteiger partial charge >= 0.3 is 5.97 Å². The molecule has 0 fully saturated rings. The lowest BCUT2D eigenvalue weighted by Crippen LogP contribution is -2.13. The summed E-state index contributed by atoms with van der Waals surface area (Å²) in [5, 5.41) is 11.7. The summed E-state index contributed by atoms with van der Waals surface area (Å²) in [6.45, 7) is 3.88. The Kier molecular flexibility index (Phi) is 4.43.